The summed E-state index contributed by atoms with van der Waals surface area (Å²) in [5.74, 6) is 1.44. The van der Waals surface area contributed by atoms with Gasteiger partial charge in [-0.15, -0.1) is 0 Å². The lowest BCUT2D eigenvalue weighted by atomic mass is 9.59. The van der Waals surface area contributed by atoms with Crippen molar-refractivity contribution in [2.45, 2.75) is 44.3 Å². The van der Waals surface area contributed by atoms with Gasteiger partial charge in [-0.3, -0.25) is 0 Å². The van der Waals surface area contributed by atoms with Crippen LogP contribution >= 0.6 is 0 Å². The molecule has 2 aliphatic rings. The monoisotopic (exact) mass is 186 g/mol. The van der Waals surface area contributed by atoms with Crippen LogP contribution in [0.1, 0.15) is 39.0 Å². The van der Waals surface area contributed by atoms with E-state index >= 15 is 0 Å². The highest BCUT2D eigenvalue weighted by molar-refractivity contribution is 6.14. The van der Waals surface area contributed by atoms with E-state index in [4.69, 9.17) is 7.85 Å². The van der Waals surface area contributed by atoms with Gasteiger partial charge in [-0.05, 0) is 24.7 Å². The predicted octanol–water partition coefficient (Wildman–Crippen LogP) is 3.66. The Hall–Kier alpha value is -0.455. The Balaban J connectivity index is 2.10. The highest BCUT2D eigenvalue weighted by Crippen LogP contribution is 2.43. The molecule has 74 valence electrons. The van der Waals surface area contributed by atoms with Crippen LogP contribution in [0, 0.1) is 11.8 Å². The van der Waals surface area contributed by atoms with Crippen molar-refractivity contribution in [2.24, 2.45) is 11.8 Å². The van der Waals surface area contributed by atoms with Gasteiger partial charge in [0.1, 0.15) is 0 Å². The van der Waals surface area contributed by atoms with Crippen LogP contribution < -0.4 is 0 Å². The van der Waals surface area contributed by atoms with Crippen molar-refractivity contribution in [1.82, 2.24) is 0 Å². The van der Waals surface area contributed by atoms with E-state index in [9.17, 15) is 0 Å². The zero-order valence-corrected chi connectivity index (χ0v) is 9.08. The smallest absolute Gasteiger partial charge is 0.0742 e. The molecule has 0 aromatic rings. The van der Waals surface area contributed by atoms with Crippen LogP contribution in [0.5, 0.6) is 0 Å². The lowest BCUT2D eigenvalue weighted by Gasteiger charge is -2.36. The van der Waals surface area contributed by atoms with E-state index in [1.807, 2.05) is 0 Å². The molecule has 2 aliphatic carbocycles. The maximum atomic E-state index is 6.30. The molecule has 0 N–H and O–H groups in total. The molecule has 3 atom stereocenters. The third-order valence-corrected chi connectivity index (χ3v) is 3.62. The standard InChI is InChI=1S/C13H19B/c1-13(14)9-5-4-7-11-6-2-3-8-12(11)10-13/h2-3,6,8,11-12H,4-5,7,9-10H2,1H3. The fourth-order valence-electron chi connectivity index (χ4n) is 2.78. The SMILES string of the molecule is [B]C1(C)CCCCC2C=CC=CC2C1. The molecule has 2 rings (SSSR count). The van der Waals surface area contributed by atoms with E-state index in [0.29, 0.717) is 5.92 Å². The summed E-state index contributed by atoms with van der Waals surface area (Å²) in [5, 5.41) is 0.0544. The third kappa shape index (κ3) is 2.32. The Morgan fingerprint density at radius 1 is 1.14 bits per heavy atom. The average Bonchev–Trinajstić information content (AvgIpc) is 2.11. The molecule has 0 saturated heterocycles. The van der Waals surface area contributed by atoms with Crippen molar-refractivity contribution in [3.8, 4) is 0 Å². The molecule has 0 spiro atoms. The molecular formula is C13H19B. The lowest BCUT2D eigenvalue weighted by Crippen LogP contribution is -2.22. The van der Waals surface area contributed by atoms with Gasteiger partial charge in [0.25, 0.3) is 0 Å². The van der Waals surface area contributed by atoms with Crippen LogP contribution in [0.2, 0.25) is 5.31 Å². The van der Waals surface area contributed by atoms with Gasteiger partial charge in [0.05, 0.1) is 7.85 Å². The van der Waals surface area contributed by atoms with Gasteiger partial charge in [-0.25, -0.2) is 0 Å². The Kier molecular flexibility index (Phi) is 2.85. The fraction of sp³-hybridized carbons (Fsp3) is 0.692. The molecule has 1 fully saturated rings. The molecule has 0 aromatic carbocycles. The minimum atomic E-state index is 0.0544. The zero-order chi connectivity index (χ0) is 10.0. The first-order chi connectivity index (χ1) is 6.67. The molecule has 0 bridgehead atoms. The van der Waals surface area contributed by atoms with Crippen LogP contribution in [0.25, 0.3) is 0 Å². The Morgan fingerprint density at radius 3 is 2.64 bits per heavy atom. The topological polar surface area (TPSA) is 0 Å². The van der Waals surface area contributed by atoms with Crippen molar-refractivity contribution >= 4 is 7.85 Å². The second-order valence-electron chi connectivity index (χ2n) is 5.20. The molecule has 0 amide bonds. The maximum absolute atomic E-state index is 6.30. The van der Waals surface area contributed by atoms with Crippen molar-refractivity contribution in [3.05, 3.63) is 24.3 Å². The first kappa shape index (κ1) is 10.1. The summed E-state index contributed by atoms with van der Waals surface area (Å²) >= 11 is 0. The molecule has 0 heterocycles. The van der Waals surface area contributed by atoms with Gasteiger partial charge in [0.2, 0.25) is 0 Å². The number of hydrogen-bond donors (Lipinski definition) is 0. The molecule has 1 saturated carbocycles. The van der Waals surface area contributed by atoms with E-state index < -0.39 is 0 Å². The maximum Gasteiger partial charge on any atom is 0.0742 e. The minimum absolute atomic E-state index is 0.0544. The van der Waals surface area contributed by atoms with Crippen molar-refractivity contribution < 1.29 is 0 Å². The van der Waals surface area contributed by atoms with Crippen molar-refractivity contribution in [3.63, 3.8) is 0 Å². The number of hydrogen-bond acceptors (Lipinski definition) is 0. The molecule has 0 aliphatic heterocycles. The quantitative estimate of drug-likeness (QED) is 0.506. The molecule has 14 heavy (non-hydrogen) atoms. The van der Waals surface area contributed by atoms with Gasteiger partial charge < -0.3 is 0 Å². The van der Waals surface area contributed by atoms with Gasteiger partial charge >= 0.3 is 0 Å². The summed E-state index contributed by atoms with van der Waals surface area (Å²) in [6.07, 6.45) is 15.4. The molecule has 0 aromatic heterocycles. The van der Waals surface area contributed by atoms with Crippen molar-refractivity contribution in [1.29, 1.82) is 0 Å². The van der Waals surface area contributed by atoms with Crippen molar-refractivity contribution in [2.75, 3.05) is 0 Å². The fourth-order valence-corrected chi connectivity index (χ4v) is 2.78. The van der Waals surface area contributed by atoms with E-state index in [-0.39, 0.29) is 5.31 Å². The van der Waals surface area contributed by atoms with Crippen LogP contribution in [-0.4, -0.2) is 7.85 Å². The second-order valence-corrected chi connectivity index (χ2v) is 5.20. The first-order valence-electron chi connectivity index (χ1n) is 5.81. The molecule has 2 radical (unpaired) electrons. The minimum Gasteiger partial charge on any atom is -0.0809 e. The molecule has 0 nitrogen and oxygen atoms in total. The number of rotatable bonds is 0. The Morgan fingerprint density at radius 2 is 1.86 bits per heavy atom. The summed E-state index contributed by atoms with van der Waals surface area (Å²) < 4.78 is 0. The lowest BCUT2D eigenvalue weighted by molar-refractivity contribution is 0.311. The van der Waals surface area contributed by atoms with E-state index in [1.165, 1.54) is 25.7 Å². The van der Waals surface area contributed by atoms with Crippen LogP contribution in [0.3, 0.4) is 0 Å². The van der Waals surface area contributed by atoms with Gasteiger partial charge in [-0.1, -0.05) is 55.8 Å². The van der Waals surface area contributed by atoms with Gasteiger partial charge in [-0.2, -0.15) is 0 Å². The normalized spacial score (nSPS) is 42.6. The third-order valence-electron chi connectivity index (χ3n) is 3.62. The predicted molar refractivity (Wildman–Crippen MR) is 62.5 cm³/mol. The summed E-state index contributed by atoms with van der Waals surface area (Å²) in [6, 6.07) is 0. The highest BCUT2D eigenvalue weighted by Gasteiger charge is 2.28. The van der Waals surface area contributed by atoms with E-state index in [1.54, 1.807) is 0 Å². The highest BCUT2D eigenvalue weighted by atomic mass is 14.3. The summed E-state index contributed by atoms with van der Waals surface area (Å²) in [5.41, 5.74) is 0. The van der Waals surface area contributed by atoms with Crippen LogP contribution in [0.4, 0.5) is 0 Å². The summed E-state index contributed by atoms with van der Waals surface area (Å²) in [7, 11) is 6.30. The summed E-state index contributed by atoms with van der Waals surface area (Å²) in [6.45, 7) is 2.21. The zero-order valence-electron chi connectivity index (χ0n) is 9.08. The second kappa shape index (κ2) is 3.96. The number of fused-ring (bicyclic) bond motifs is 1. The first-order valence-corrected chi connectivity index (χ1v) is 5.81. The number of allylic oxidation sites excluding steroid dienone is 4. The van der Waals surface area contributed by atoms with Crippen LogP contribution in [0.15, 0.2) is 24.3 Å². The average molecular weight is 186 g/mol. The summed E-state index contributed by atoms with van der Waals surface area (Å²) in [4.78, 5) is 0. The Labute approximate surface area is 88.9 Å². The molecule has 3 unspecified atom stereocenters. The molecular weight excluding hydrogens is 167 g/mol. The van der Waals surface area contributed by atoms with Gasteiger partial charge in [0.15, 0.2) is 0 Å². The Bertz CT molecular complexity index is 250. The van der Waals surface area contributed by atoms with E-state index in [0.717, 1.165) is 12.3 Å². The largest absolute Gasteiger partial charge is 0.0809 e. The van der Waals surface area contributed by atoms with Crippen LogP contribution in [-0.2, 0) is 0 Å². The molecule has 1 heteroatoms. The van der Waals surface area contributed by atoms with E-state index in [2.05, 4.69) is 31.2 Å². The van der Waals surface area contributed by atoms with Gasteiger partial charge in [0, 0.05) is 0 Å².